The van der Waals surface area contributed by atoms with Crippen molar-refractivity contribution in [2.24, 2.45) is 5.92 Å². The van der Waals surface area contributed by atoms with Crippen molar-refractivity contribution in [3.63, 3.8) is 0 Å². The Labute approximate surface area is 168 Å². The highest BCUT2D eigenvalue weighted by molar-refractivity contribution is 5.76. The molecule has 1 amide bonds. The molecule has 0 bridgehead atoms. The molecule has 9 nitrogen and oxygen atoms in total. The Balaban J connectivity index is 1.44. The Morgan fingerprint density at radius 1 is 1.24 bits per heavy atom. The van der Waals surface area contributed by atoms with Crippen molar-refractivity contribution in [1.29, 1.82) is 0 Å². The van der Waals surface area contributed by atoms with E-state index < -0.39 is 35.3 Å². The summed E-state index contributed by atoms with van der Waals surface area (Å²) in [6, 6.07) is 0.865. The van der Waals surface area contributed by atoms with E-state index in [4.69, 9.17) is 14.2 Å². The van der Waals surface area contributed by atoms with Crippen LogP contribution in [0.15, 0.2) is 21.9 Å². The van der Waals surface area contributed by atoms with Gasteiger partial charge < -0.3 is 19.5 Å². The number of rotatable bonds is 5. The van der Waals surface area contributed by atoms with E-state index in [2.05, 4.69) is 10.3 Å². The molecule has 9 heteroatoms. The normalized spacial score (nSPS) is 31.5. The van der Waals surface area contributed by atoms with E-state index in [-0.39, 0.29) is 18.6 Å². The van der Waals surface area contributed by atoms with E-state index in [0.29, 0.717) is 18.9 Å². The van der Waals surface area contributed by atoms with Gasteiger partial charge in [-0.15, -0.1) is 0 Å². The van der Waals surface area contributed by atoms with Gasteiger partial charge in [-0.3, -0.25) is 19.1 Å². The van der Waals surface area contributed by atoms with Crippen LogP contribution in [0.3, 0.4) is 0 Å². The number of H-pyrrole nitrogens is 1. The zero-order valence-corrected chi connectivity index (χ0v) is 16.9. The molecule has 1 aromatic rings. The molecular weight excluding hydrogens is 378 g/mol. The van der Waals surface area contributed by atoms with Crippen LogP contribution >= 0.6 is 0 Å². The first-order valence-corrected chi connectivity index (χ1v) is 10.4. The van der Waals surface area contributed by atoms with Gasteiger partial charge in [-0.05, 0) is 32.6 Å². The first-order chi connectivity index (χ1) is 13.8. The van der Waals surface area contributed by atoms with E-state index in [9.17, 15) is 14.4 Å². The van der Waals surface area contributed by atoms with Crippen molar-refractivity contribution in [3.05, 3.63) is 33.1 Å². The number of fused-ring (bicyclic) bond motifs is 1. The van der Waals surface area contributed by atoms with Gasteiger partial charge in [0, 0.05) is 25.2 Å². The van der Waals surface area contributed by atoms with Crippen LogP contribution < -0.4 is 16.6 Å². The van der Waals surface area contributed by atoms with Crippen LogP contribution in [0.25, 0.3) is 0 Å². The number of hydrogen-bond donors (Lipinski definition) is 2. The maximum absolute atomic E-state index is 12.3. The number of ether oxygens (including phenoxy) is 3. The van der Waals surface area contributed by atoms with Crippen molar-refractivity contribution in [1.82, 2.24) is 14.9 Å². The molecule has 160 valence electrons. The summed E-state index contributed by atoms with van der Waals surface area (Å²) in [5, 5.41) is 2.98. The minimum absolute atomic E-state index is 0.0363. The standard InChI is InChI=1S/C20H29N3O6/c1-20(2)28-17-13(23-8-7-15(24)22-19(23)26)11-27-14(18(17)29-20)10-21-16(25)9-12-5-3-4-6-12/h7-8,12-14,17-18H,3-6,9-11H2,1-2H3,(H,21,25)(H,22,24,26)/t13-,14-,17+,18-/m1/s1. The van der Waals surface area contributed by atoms with Gasteiger partial charge in [-0.25, -0.2) is 4.79 Å². The third kappa shape index (κ3) is 4.46. The van der Waals surface area contributed by atoms with Crippen LogP contribution in [0.5, 0.6) is 0 Å². The molecule has 0 aromatic carbocycles. The molecule has 3 fully saturated rings. The van der Waals surface area contributed by atoms with Crippen molar-refractivity contribution in [3.8, 4) is 0 Å². The smallest absolute Gasteiger partial charge is 0.328 e. The molecule has 0 spiro atoms. The fraction of sp³-hybridized carbons (Fsp3) is 0.750. The summed E-state index contributed by atoms with van der Waals surface area (Å²) < 4.78 is 19.5. The van der Waals surface area contributed by atoms with E-state index in [1.807, 2.05) is 13.8 Å². The first kappa shape index (κ1) is 20.3. The summed E-state index contributed by atoms with van der Waals surface area (Å²) in [6.45, 7) is 4.18. The van der Waals surface area contributed by atoms with Crippen LogP contribution in [0.1, 0.15) is 52.0 Å². The Kier molecular flexibility index (Phi) is 5.63. The van der Waals surface area contributed by atoms with E-state index >= 15 is 0 Å². The highest BCUT2D eigenvalue weighted by atomic mass is 16.8. The van der Waals surface area contributed by atoms with Gasteiger partial charge >= 0.3 is 5.69 Å². The van der Waals surface area contributed by atoms with Gasteiger partial charge in [-0.1, -0.05) is 12.8 Å². The number of nitrogens with zero attached hydrogens (tertiary/aromatic N) is 1. The third-order valence-electron chi connectivity index (χ3n) is 6.05. The second-order valence-electron chi connectivity index (χ2n) is 8.68. The lowest BCUT2D eigenvalue weighted by Gasteiger charge is -2.37. The molecule has 4 rings (SSSR count). The van der Waals surface area contributed by atoms with Crippen LogP contribution in [-0.2, 0) is 19.0 Å². The van der Waals surface area contributed by atoms with Crippen molar-refractivity contribution >= 4 is 5.91 Å². The average Bonchev–Trinajstić information content (AvgIpc) is 3.26. The summed E-state index contributed by atoms with van der Waals surface area (Å²) in [7, 11) is 0. The molecule has 1 aromatic heterocycles. The topological polar surface area (TPSA) is 112 Å². The SMILES string of the molecule is CC1(C)O[C@@H]2[C@H](O1)[C@@H](CNC(=O)CC1CCCC1)OC[C@H]2n1ccc(=O)[nH]c1=O. The summed E-state index contributed by atoms with van der Waals surface area (Å²) in [6.07, 6.45) is 5.43. The Bertz CT molecular complexity index is 856. The fourth-order valence-corrected chi connectivity index (χ4v) is 4.68. The number of hydrogen-bond acceptors (Lipinski definition) is 6. The van der Waals surface area contributed by atoms with Gasteiger partial charge in [0.05, 0.1) is 12.6 Å². The molecule has 4 atom stereocenters. The number of aromatic amines is 1. The van der Waals surface area contributed by atoms with Gasteiger partial charge in [0.15, 0.2) is 5.79 Å². The van der Waals surface area contributed by atoms with E-state index in [0.717, 1.165) is 12.8 Å². The summed E-state index contributed by atoms with van der Waals surface area (Å²) >= 11 is 0. The second-order valence-corrected chi connectivity index (χ2v) is 8.68. The van der Waals surface area contributed by atoms with Gasteiger partial charge in [-0.2, -0.15) is 0 Å². The molecule has 3 heterocycles. The molecule has 1 aliphatic carbocycles. The monoisotopic (exact) mass is 407 g/mol. The maximum atomic E-state index is 12.3. The van der Waals surface area contributed by atoms with E-state index in [1.165, 1.54) is 29.7 Å². The largest absolute Gasteiger partial charge is 0.371 e. The molecule has 2 N–H and O–H groups in total. The molecular formula is C20H29N3O6. The Hall–Kier alpha value is -1.97. The van der Waals surface area contributed by atoms with Gasteiger partial charge in [0.25, 0.3) is 5.56 Å². The molecule has 2 aliphatic heterocycles. The lowest BCUT2D eigenvalue weighted by Crippen LogP contribution is -2.54. The van der Waals surface area contributed by atoms with Crippen molar-refractivity contribution in [2.75, 3.05) is 13.2 Å². The van der Waals surface area contributed by atoms with Gasteiger partial charge in [0.1, 0.15) is 18.3 Å². The quantitative estimate of drug-likeness (QED) is 0.743. The molecule has 0 unspecified atom stereocenters. The third-order valence-corrected chi connectivity index (χ3v) is 6.05. The predicted molar refractivity (Wildman–Crippen MR) is 104 cm³/mol. The minimum Gasteiger partial charge on any atom is -0.371 e. The first-order valence-electron chi connectivity index (χ1n) is 10.4. The zero-order chi connectivity index (χ0) is 20.6. The highest BCUT2D eigenvalue weighted by Crippen LogP contribution is 2.39. The zero-order valence-electron chi connectivity index (χ0n) is 16.9. The number of carbonyl (C=O) groups excluding carboxylic acids is 1. The van der Waals surface area contributed by atoms with Crippen LogP contribution in [0, 0.1) is 5.92 Å². The average molecular weight is 407 g/mol. The predicted octanol–water partition coefficient (Wildman–Crippen LogP) is 0.693. The summed E-state index contributed by atoms with van der Waals surface area (Å²) in [5.41, 5.74) is -0.965. The number of aromatic nitrogens is 2. The fourth-order valence-electron chi connectivity index (χ4n) is 4.68. The summed E-state index contributed by atoms with van der Waals surface area (Å²) in [5.74, 6) is -0.315. The second kappa shape index (κ2) is 8.04. The lowest BCUT2D eigenvalue weighted by molar-refractivity contribution is -0.153. The summed E-state index contributed by atoms with van der Waals surface area (Å²) in [4.78, 5) is 38.2. The Morgan fingerprint density at radius 2 is 1.97 bits per heavy atom. The Morgan fingerprint density at radius 3 is 2.69 bits per heavy atom. The number of nitrogens with one attached hydrogen (secondary N) is 2. The molecule has 2 saturated heterocycles. The lowest BCUT2D eigenvalue weighted by atomic mass is 9.97. The van der Waals surface area contributed by atoms with Gasteiger partial charge in [0.2, 0.25) is 5.91 Å². The van der Waals surface area contributed by atoms with Crippen LogP contribution in [-0.4, -0.2) is 52.7 Å². The van der Waals surface area contributed by atoms with Crippen LogP contribution in [0.2, 0.25) is 0 Å². The van der Waals surface area contributed by atoms with E-state index in [1.54, 1.807) is 0 Å². The maximum Gasteiger partial charge on any atom is 0.328 e. The number of carbonyl (C=O) groups is 1. The molecule has 0 radical (unpaired) electrons. The van der Waals surface area contributed by atoms with Crippen molar-refractivity contribution in [2.45, 2.75) is 76.1 Å². The molecule has 1 saturated carbocycles. The van der Waals surface area contributed by atoms with Crippen molar-refractivity contribution < 1.29 is 19.0 Å². The molecule has 3 aliphatic rings. The number of amides is 1. The van der Waals surface area contributed by atoms with Crippen LogP contribution in [0.4, 0.5) is 0 Å². The molecule has 29 heavy (non-hydrogen) atoms. The minimum atomic E-state index is -0.834. The highest BCUT2D eigenvalue weighted by Gasteiger charge is 2.52.